The largest absolute Gasteiger partial charge is 0.361 e. The molecule has 4 aromatic rings. The number of fused-ring (bicyclic) bond motifs is 2. The number of hydrogen-bond acceptors (Lipinski definition) is 1. The maximum absolute atomic E-state index is 4.55. The highest BCUT2D eigenvalue weighted by atomic mass is 14.9. The van der Waals surface area contributed by atoms with Crippen LogP contribution in [0.4, 0.5) is 0 Å². The highest BCUT2D eigenvalue weighted by Crippen LogP contribution is 2.29. The quantitative estimate of drug-likeness (QED) is 0.512. The zero-order valence-corrected chi connectivity index (χ0v) is 14.4. The average Bonchev–Trinajstić information content (AvgIpc) is 3.22. The van der Waals surface area contributed by atoms with E-state index in [0.29, 0.717) is 11.8 Å². The molecular weight excluding hydrogens is 294 g/mol. The van der Waals surface area contributed by atoms with Crippen LogP contribution in [0.25, 0.3) is 21.9 Å². The van der Waals surface area contributed by atoms with Gasteiger partial charge in [-0.15, -0.1) is 0 Å². The van der Waals surface area contributed by atoms with E-state index in [1.54, 1.807) is 6.33 Å². The van der Waals surface area contributed by atoms with Crippen molar-refractivity contribution in [1.29, 1.82) is 0 Å². The van der Waals surface area contributed by atoms with Gasteiger partial charge in [0.15, 0.2) is 0 Å². The molecule has 2 heterocycles. The maximum atomic E-state index is 4.55. The summed E-state index contributed by atoms with van der Waals surface area (Å²) in [5, 5.41) is 1.27. The molecule has 24 heavy (non-hydrogen) atoms. The summed E-state index contributed by atoms with van der Waals surface area (Å²) in [4.78, 5) is 11.1. The number of benzene rings is 2. The van der Waals surface area contributed by atoms with E-state index in [1.165, 1.54) is 27.6 Å². The fourth-order valence-electron chi connectivity index (χ4n) is 3.46. The molecule has 0 spiro atoms. The lowest BCUT2D eigenvalue weighted by molar-refractivity contribution is 0.760. The van der Waals surface area contributed by atoms with Gasteiger partial charge in [0, 0.05) is 11.7 Å². The summed E-state index contributed by atoms with van der Waals surface area (Å²) in [5.74, 6) is 0.960. The normalized spacial score (nSPS) is 13.2. The minimum Gasteiger partial charge on any atom is -0.361 e. The molecule has 1 unspecified atom stereocenters. The number of hydrogen-bond donors (Lipinski definition) is 2. The Hall–Kier alpha value is -2.55. The van der Waals surface area contributed by atoms with Crippen LogP contribution in [0.5, 0.6) is 0 Å². The van der Waals surface area contributed by atoms with Crippen molar-refractivity contribution < 1.29 is 0 Å². The Kier molecular flexibility index (Phi) is 3.64. The van der Waals surface area contributed by atoms with Crippen LogP contribution in [0.1, 0.15) is 49.3 Å². The summed E-state index contributed by atoms with van der Waals surface area (Å²) in [6, 6.07) is 13.4. The lowest BCUT2D eigenvalue weighted by atomic mass is 9.90. The smallest absolute Gasteiger partial charge is 0.0931 e. The molecule has 2 aromatic carbocycles. The van der Waals surface area contributed by atoms with Gasteiger partial charge in [0.25, 0.3) is 0 Å². The zero-order valence-electron chi connectivity index (χ0n) is 14.4. The monoisotopic (exact) mass is 317 g/mol. The van der Waals surface area contributed by atoms with Crippen molar-refractivity contribution in [2.75, 3.05) is 0 Å². The fraction of sp³-hybridized carbons (Fsp3) is 0.286. The van der Waals surface area contributed by atoms with Gasteiger partial charge in [-0.05, 0) is 58.5 Å². The number of aromatic nitrogens is 3. The number of nitrogens with zero attached hydrogens (tertiary/aromatic N) is 1. The van der Waals surface area contributed by atoms with E-state index >= 15 is 0 Å². The summed E-state index contributed by atoms with van der Waals surface area (Å²) in [5.41, 5.74) is 7.52. The molecule has 3 heteroatoms. The molecule has 4 rings (SSSR count). The molecule has 0 radical (unpaired) electrons. The minimum absolute atomic E-state index is 0.444. The third-order valence-corrected chi connectivity index (χ3v) is 4.97. The van der Waals surface area contributed by atoms with Gasteiger partial charge >= 0.3 is 0 Å². The number of aromatic amines is 2. The molecule has 2 aromatic heterocycles. The van der Waals surface area contributed by atoms with Crippen molar-refractivity contribution in [2.24, 2.45) is 0 Å². The van der Waals surface area contributed by atoms with Crippen LogP contribution in [-0.4, -0.2) is 15.0 Å². The molecule has 0 saturated carbocycles. The van der Waals surface area contributed by atoms with Crippen molar-refractivity contribution in [1.82, 2.24) is 15.0 Å². The van der Waals surface area contributed by atoms with Crippen molar-refractivity contribution in [3.8, 4) is 0 Å². The molecule has 122 valence electrons. The van der Waals surface area contributed by atoms with E-state index < -0.39 is 0 Å². The molecular formula is C21H23N3. The first-order valence-electron chi connectivity index (χ1n) is 8.65. The lowest BCUT2D eigenvalue weighted by Gasteiger charge is -2.15. The van der Waals surface area contributed by atoms with Crippen molar-refractivity contribution in [3.05, 3.63) is 65.6 Å². The van der Waals surface area contributed by atoms with Gasteiger partial charge in [-0.2, -0.15) is 0 Å². The van der Waals surface area contributed by atoms with Crippen LogP contribution >= 0.6 is 0 Å². The molecule has 0 amide bonds. The molecule has 3 nitrogen and oxygen atoms in total. The van der Waals surface area contributed by atoms with Crippen LogP contribution in [0.3, 0.4) is 0 Å². The first-order valence-corrected chi connectivity index (χ1v) is 8.65. The maximum Gasteiger partial charge on any atom is 0.0931 e. The van der Waals surface area contributed by atoms with Crippen LogP contribution in [0.15, 0.2) is 48.9 Å². The summed E-state index contributed by atoms with van der Waals surface area (Å²) < 4.78 is 0. The third-order valence-electron chi connectivity index (χ3n) is 4.97. The molecule has 0 saturated heterocycles. The first-order chi connectivity index (χ1) is 11.6. The number of imidazole rings is 1. The second kappa shape index (κ2) is 5.82. The summed E-state index contributed by atoms with van der Waals surface area (Å²) >= 11 is 0. The SMILES string of the molecule is CC(C)c1cc(CC(C)c2ccc3cc[nH]c3c2)c2nc[nH]c2c1. The van der Waals surface area contributed by atoms with E-state index in [9.17, 15) is 0 Å². The van der Waals surface area contributed by atoms with Crippen LogP contribution in [-0.2, 0) is 6.42 Å². The minimum atomic E-state index is 0.444. The van der Waals surface area contributed by atoms with E-state index in [0.717, 1.165) is 17.5 Å². The van der Waals surface area contributed by atoms with Crippen molar-refractivity contribution >= 4 is 21.9 Å². The Morgan fingerprint density at radius 2 is 1.75 bits per heavy atom. The van der Waals surface area contributed by atoms with Gasteiger partial charge in [0.2, 0.25) is 0 Å². The second-order valence-electron chi connectivity index (χ2n) is 7.06. The fourth-order valence-corrected chi connectivity index (χ4v) is 3.46. The van der Waals surface area contributed by atoms with Crippen LogP contribution < -0.4 is 0 Å². The Bertz CT molecular complexity index is 991. The Labute approximate surface area is 142 Å². The number of H-pyrrole nitrogens is 2. The van der Waals surface area contributed by atoms with Gasteiger partial charge in [-0.25, -0.2) is 4.98 Å². The Balaban J connectivity index is 1.70. The molecule has 0 bridgehead atoms. The molecule has 1 atom stereocenters. The van der Waals surface area contributed by atoms with Gasteiger partial charge in [-0.1, -0.05) is 39.0 Å². The third kappa shape index (κ3) is 2.60. The van der Waals surface area contributed by atoms with E-state index in [2.05, 4.69) is 72.1 Å². The summed E-state index contributed by atoms with van der Waals surface area (Å²) in [7, 11) is 0. The lowest BCUT2D eigenvalue weighted by Crippen LogP contribution is -2.01. The number of rotatable bonds is 4. The molecule has 2 N–H and O–H groups in total. The molecule has 0 aliphatic rings. The Morgan fingerprint density at radius 3 is 2.58 bits per heavy atom. The molecule has 0 aliphatic heterocycles. The standard InChI is InChI=1S/C21H23N3/c1-13(2)17-9-18(21-20(11-17)23-12-24-21)8-14(3)16-5-4-15-6-7-22-19(15)10-16/h4-7,9-14,22H,8H2,1-3H3,(H,23,24). The van der Waals surface area contributed by atoms with E-state index in [1.807, 2.05) is 6.20 Å². The summed E-state index contributed by atoms with van der Waals surface area (Å²) in [6.45, 7) is 6.78. The van der Waals surface area contributed by atoms with Crippen molar-refractivity contribution in [3.63, 3.8) is 0 Å². The van der Waals surface area contributed by atoms with E-state index in [-0.39, 0.29) is 0 Å². The predicted molar refractivity (Wildman–Crippen MR) is 101 cm³/mol. The first kappa shape index (κ1) is 15.0. The summed E-state index contributed by atoms with van der Waals surface area (Å²) in [6.07, 6.45) is 4.79. The average molecular weight is 317 g/mol. The van der Waals surface area contributed by atoms with Gasteiger partial charge < -0.3 is 9.97 Å². The second-order valence-corrected chi connectivity index (χ2v) is 7.06. The van der Waals surface area contributed by atoms with Gasteiger partial charge in [-0.3, -0.25) is 0 Å². The zero-order chi connectivity index (χ0) is 16.7. The number of nitrogens with one attached hydrogen (secondary N) is 2. The van der Waals surface area contributed by atoms with E-state index in [4.69, 9.17) is 0 Å². The highest BCUT2D eigenvalue weighted by molar-refractivity contribution is 5.81. The van der Waals surface area contributed by atoms with Gasteiger partial charge in [0.05, 0.1) is 17.4 Å². The predicted octanol–water partition coefficient (Wildman–Crippen LogP) is 5.51. The molecule has 0 aliphatic carbocycles. The Morgan fingerprint density at radius 1 is 0.917 bits per heavy atom. The molecule has 0 fully saturated rings. The van der Waals surface area contributed by atoms with Crippen LogP contribution in [0, 0.1) is 0 Å². The van der Waals surface area contributed by atoms with Crippen LogP contribution in [0.2, 0.25) is 0 Å². The highest BCUT2D eigenvalue weighted by Gasteiger charge is 2.14. The van der Waals surface area contributed by atoms with Gasteiger partial charge in [0.1, 0.15) is 0 Å². The topological polar surface area (TPSA) is 44.5 Å². The van der Waals surface area contributed by atoms with Crippen molar-refractivity contribution in [2.45, 2.75) is 39.0 Å².